The van der Waals surface area contributed by atoms with Gasteiger partial charge in [-0.3, -0.25) is 0 Å². The van der Waals surface area contributed by atoms with E-state index in [9.17, 15) is 10.0 Å². The first-order chi connectivity index (χ1) is 6.11. The van der Waals surface area contributed by atoms with Crippen LogP contribution in [0, 0.1) is 5.21 Å². The van der Waals surface area contributed by atoms with Crippen LogP contribution in [-0.4, -0.2) is 14.1 Å². The average Bonchev–Trinajstić information content (AvgIpc) is 2.45. The Labute approximate surface area is 73.3 Å². The second-order valence-electron chi connectivity index (χ2n) is 2.88. The molecule has 6 nitrogen and oxygen atoms in total. The number of hydrogen-bond acceptors (Lipinski definition) is 3. The lowest BCUT2D eigenvalue weighted by Crippen LogP contribution is -2.50. The van der Waals surface area contributed by atoms with Crippen molar-refractivity contribution in [3.8, 4) is 0 Å². The number of aromatic nitrogens is 4. The molecule has 0 amide bonds. The molecule has 2 aromatic rings. The molecule has 68 valence electrons. The highest BCUT2D eigenvalue weighted by atomic mass is 16.5. The molecule has 0 N–H and O–H groups in total. The van der Waals surface area contributed by atoms with E-state index in [1.165, 1.54) is 17.9 Å². The van der Waals surface area contributed by atoms with Gasteiger partial charge >= 0.3 is 5.69 Å². The molecule has 0 saturated carbocycles. The molecule has 0 radical (unpaired) electrons. The third-order valence-electron chi connectivity index (χ3n) is 1.95. The maximum atomic E-state index is 11.3. The zero-order valence-electron chi connectivity index (χ0n) is 7.26. The van der Waals surface area contributed by atoms with E-state index in [0.717, 1.165) is 0 Å². The summed E-state index contributed by atoms with van der Waals surface area (Å²) in [5.74, 6) is 0. The van der Waals surface area contributed by atoms with Crippen molar-refractivity contribution in [1.82, 2.24) is 14.1 Å². The Hall–Kier alpha value is -1.85. The highest BCUT2D eigenvalue weighted by Gasteiger charge is 2.11. The Morgan fingerprint density at radius 2 is 2.15 bits per heavy atom. The minimum absolute atomic E-state index is 0.158. The summed E-state index contributed by atoms with van der Waals surface area (Å²) in [4.78, 5) is 15.0. The van der Waals surface area contributed by atoms with Crippen molar-refractivity contribution in [2.45, 2.75) is 0 Å². The van der Waals surface area contributed by atoms with Crippen molar-refractivity contribution < 1.29 is 4.73 Å². The van der Waals surface area contributed by atoms with Crippen molar-refractivity contribution in [2.24, 2.45) is 14.1 Å². The maximum Gasteiger partial charge on any atom is 0.443 e. The van der Waals surface area contributed by atoms with Gasteiger partial charge in [-0.15, -0.1) is 0 Å². The summed E-state index contributed by atoms with van der Waals surface area (Å²) < 4.78 is 3.20. The number of fused-ring (bicyclic) bond motifs is 1. The van der Waals surface area contributed by atoms with Gasteiger partial charge in [0.25, 0.3) is 5.65 Å². The number of aryl methyl sites for hydroxylation is 2. The normalized spacial score (nSPS) is 10.9. The van der Waals surface area contributed by atoms with E-state index in [-0.39, 0.29) is 10.4 Å². The Morgan fingerprint density at radius 1 is 1.46 bits per heavy atom. The van der Waals surface area contributed by atoms with Crippen LogP contribution < -0.4 is 10.4 Å². The Kier molecular flexibility index (Phi) is 1.39. The summed E-state index contributed by atoms with van der Waals surface area (Å²) >= 11 is 0. The van der Waals surface area contributed by atoms with Gasteiger partial charge in [0.2, 0.25) is 0 Å². The topological polar surface area (TPSA) is 66.8 Å². The van der Waals surface area contributed by atoms with E-state index < -0.39 is 5.69 Å². The number of imidazole rings is 1. The summed E-state index contributed by atoms with van der Waals surface area (Å²) in [6.45, 7) is 0. The molecule has 2 heterocycles. The van der Waals surface area contributed by atoms with Crippen LogP contribution in [0.1, 0.15) is 0 Å². The molecule has 0 unspecified atom stereocenters. The van der Waals surface area contributed by atoms with Crippen LogP contribution in [0.2, 0.25) is 0 Å². The molecule has 0 bridgehead atoms. The van der Waals surface area contributed by atoms with Gasteiger partial charge in [-0.1, -0.05) is 4.98 Å². The van der Waals surface area contributed by atoms with Gasteiger partial charge in [-0.05, 0) is 0 Å². The van der Waals surface area contributed by atoms with E-state index in [4.69, 9.17) is 0 Å². The third-order valence-corrected chi connectivity index (χ3v) is 1.95. The molecule has 0 atom stereocenters. The molecule has 0 saturated heterocycles. The first kappa shape index (κ1) is 7.78. The molecule has 0 aromatic carbocycles. The van der Waals surface area contributed by atoms with Gasteiger partial charge in [0.05, 0.1) is 13.2 Å². The van der Waals surface area contributed by atoms with E-state index in [1.807, 2.05) is 0 Å². The molecule has 2 aromatic heterocycles. The summed E-state index contributed by atoms with van der Waals surface area (Å²) in [5.41, 5.74) is 0.175. The van der Waals surface area contributed by atoms with Gasteiger partial charge in [-0.25, -0.2) is 14.1 Å². The van der Waals surface area contributed by atoms with Gasteiger partial charge in [0.1, 0.15) is 0 Å². The SMILES string of the molecule is Cn1cc2c(ncn2C)[n+]([O-])c1=O. The van der Waals surface area contributed by atoms with Crippen molar-refractivity contribution in [2.75, 3.05) is 0 Å². The summed E-state index contributed by atoms with van der Waals surface area (Å²) in [7, 11) is 3.29. The molecule has 0 aliphatic carbocycles. The fraction of sp³-hybridized carbons (Fsp3) is 0.286. The molecule has 0 aliphatic rings. The zero-order chi connectivity index (χ0) is 9.59. The lowest BCUT2D eigenvalue weighted by Gasteiger charge is -2.03. The monoisotopic (exact) mass is 180 g/mol. The summed E-state index contributed by atoms with van der Waals surface area (Å²) in [6, 6.07) is 0. The second-order valence-corrected chi connectivity index (χ2v) is 2.88. The van der Waals surface area contributed by atoms with Gasteiger partial charge in [0.15, 0.2) is 11.8 Å². The highest BCUT2D eigenvalue weighted by Crippen LogP contribution is 2.02. The fourth-order valence-electron chi connectivity index (χ4n) is 1.21. The molecule has 0 aliphatic heterocycles. The average molecular weight is 180 g/mol. The highest BCUT2D eigenvalue weighted by molar-refractivity contribution is 5.65. The van der Waals surface area contributed by atoms with Crippen molar-refractivity contribution in [1.29, 1.82) is 0 Å². The maximum absolute atomic E-state index is 11.3. The van der Waals surface area contributed by atoms with Gasteiger partial charge in [0, 0.05) is 7.05 Å². The summed E-state index contributed by atoms with van der Waals surface area (Å²) in [5, 5.41) is 11.3. The lowest BCUT2D eigenvalue weighted by atomic mass is 10.5. The molecule has 2 rings (SSSR count). The zero-order valence-corrected chi connectivity index (χ0v) is 7.26. The molecule has 0 fully saturated rings. The third kappa shape index (κ3) is 0.915. The van der Waals surface area contributed by atoms with E-state index in [1.54, 1.807) is 17.8 Å². The summed E-state index contributed by atoms with van der Waals surface area (Å²) in [6.07, 6.45) is 3.08. The lowest BCUT2D eigenvalue weighted by molar-refractivity contribution is -0.600. The van der Waals surface area contributed by atoms with Crippen molar-refractivity contribution in [3.05, 3.63) is 28.2 Å². The second kappa shape index (κ2) is 2.32. The Morgan fingerprint density at radius 3 is 2.85 bits per heavy atom. The van der Waals surface area contributed by atoms with Crippen LogP contribution in [0.25, 0.3) is 11.2 Å². The fourth-order valence-corrected chi connectivity index (χ4v) is 1.21. The minimum Gasteiger partial charge on any atom is -0.737 e. The first-order valence-corrected chi connectivity index (χ1v) is 3.71. The number of hydrogen-bond donors (Lipinski definition) is 0. The van der Waals surface area contributed by atoms with Gasteiger partial charge < -0.3 is 9.77 Å². The molecule has 6 heteroatoms. The Balaban J connectivity index is 3.05. The van der Waals surface area contributed by atoms with E-state index >= 15 is 0 Å². The predicted molar refractivity (Wildman–Crippen MR) is 44.9 cm³/mol. The quantitative estimate of drug-likeness (QED) is 0.382. The molecular formula is C7H8N4O2. The van der Waals surface area contributed by atoms with Crippen molar-refractivity contribution >= 4 is 11.2 Å². The Bertz CT molecular complexity index is 525. The number of nitrogens with zero attached hydrogens (tertiary/aromatic N) is 4. The smallest absolute Gasteiger partial charge is 0.443 e. The first-order valence-electron chi connectivity index (χ1n) is 3.71. The van der Waals surface area contributed by atoms with Crippen LogP contribution in [0.5, 0.6) is 0 Å². The van der Waals surface area contributed by atoms with Gasteiger partial charge in [-0.2, -0.15) is 0 Å². The number of rotatable bonds is 0. The standard InChI is InChI=1S/C7H8N4O2/c1-9-3-5-6(8-4-10(5)2)11(13)7(9)12/h3-4H,1-2H3. The van der Waals surface area contributed by atoms with Crippen molar-refractivity contribution in [3.63, 3.8) is 0 Å². The van der Waals surface area contributed by atoms with Crippen LogP contribution in [-0.2, 0) is 14.1 Å². The van der Waals surface area contributed by atoms with Crippen LogP contribution in [0.3, 0.4) is 0 Å². The predicted octanol–water partition coefficient (Wildman–Crippen LogP) is -1.09. The minimum atomic E-state index is -0.619. The van der Waals surface area contributed by atoms with E-state index in [2.05, 4.69) is 4.98 Å². The molecular weight excluding hydrogens is 172 g/mol. The molecule has 13 heavy (non-hydrogen) atoms. The van der Waals surface area contributed by atoms with Crippen LogP contribution in [0.15, 0.2) is 17.3 Å². The van der Waals surface area contributed by atoms with Crippen LogP contribution in [0.4, 0.5) is 0 Å². The largest absolute Gasteiger partial charge is 0.737 e. The molecule has 0 spiro atoms. The van der Waals surface area contributed by atoms with Crippen LogP contribution >= 0.6 is 0 Å². The van der Waals surface area contributed by atoms with E-state index in [0.29, 0.717) is 5.52 Å².